The zero-order valence-electron chi connectivity index (χ0n) is 11.9. The molecule has 4 unspecified atom stereocenters. The normalized spacial score (nSPS) is 42.5. The first-order valence-corrected chi connectivity index (χ1v) is 7.87. The molecule has 0 radical (unpaired) electrons. The van der Waals surface area contributed by atoms with Gasteiger partial charge in [-0.2, -0.15) is 0 Å². The predicted molar refractivity (Wildman–Crippen MR) is 74.1 cm³/mol. The minimum absolute atomic E-state index is 0.0332. The quantitative estimate of drug-likeness (QED) is 0.686. The van der Waals surface area contributed by atoms with Gasteiger partial charge in [0.2, 0.25) is 0 Å². The van der Waals surface area contributed by atoms with Crippen molar-refractivity contribution in [2.24, 2.45) is 16.7 Å². The van der Waals surface area contributed by atoms with Gasteiger partial charge in [-0.15, -0.1) is 0 Å². The van der Waals surface area contributed by atoms with Gasteiger partial charge in [0.15, 0.2) is 0 Å². The third-order valence-electron chi connectivity index (χ3n) is 5.47. The molecule has 1 saturated carbocycles. The molecule has 102 valence electrons. The van der Waals surface area contributed by atoms with Crippen LogP contribution in [0.2, 0.25) is 0 Å². The van der Waals surface area contributed by atoms with Crippen LogP contribution >= 0.6 is 0 Å². The Morgan fingerprint density at radius 3 is 2.56 bits per heavy atom. The molecule has 2 rings (SSSR count). The number of allylic oxidation sites excluding steroid dienone is 1. The van der Waals surface area contributed by atoms with Crippen molar-refractivity contribution in [3.8, 4) is 0 Å². The van der Waals surface area contributed by atoms with Crippen molar-refractivity contribution in [3.63, 3.8) is 0 Å². The Morgan fingerprint density at radius 2 is 2.00 bits per heavy atom. The minimum Gasteiger partial charge on any atom is -0.269 e. The van der Waals surface area contributed by atoms with Crippen LogP contribution < -0.4 is 0 Å². The van der Waals surface area contributed by atoms with Crippen molar-refractivity contribution < 1.29 is 9.00 Å². The fourth-order valence-electron chi connectivity index (χ4n) is 3.46. The second-order valence-electron chi connectivity index (χ2n) is 6.42. The molecule has 0 bridgehead atoms. The lowest BCUT2D eigenvalue weighted by atomic mass is 9.66. The summed E-state index contributed by atoms with van der Waals surface area (Å²) in [6.45, 7) is 10.8. The molecule has 1 saturated heterocycles. The highest BCUT2D eigenvalue weighted by atomic mass is 32.2. The molecule has 1 aliphatic carbocycles. The van der Waals surface area contributed by atoms with Crippen LogP contribution in [0.4, 0.5) is 0 Å². The summed E-state index contributed by atoms with van der Waals surface area (Å²) in [5.41, 5.74) is 0.0901. The van der Waals surface area contributed by atoms with Crippen LogP contribution in [0.1, 0.15) is 41.0 Å². The van der Waals surface area contributed by atoms with E-state index in [0.29, 0.717) is 11.7 Å². The minimum atomic E-state index is -1.17. The number of nitrogens with zero attached hydrogens (tertiary/aromatic N) is 1. The Labute approximate surface area is 112 Å². The topological polar surface area (TPSA) is 37.4 Å². The standard InChI is InChI=1S/C14H23NO2S/c1-6-7-12(16)15-11-8-10(2)13(3,4)14(11,5)9-18(15)17/h6-7,10-11H,8-9H2,1-5H3/b7-6+. The predicted octanol–water partition coefficient (Wildman–Crippen LogP) is 2.51. The van der Waals surface area contributed by atoms with Crippen molar-refractivity contribution in [2.75, 3.05) is 5.75 Å². The zero-order valence-corrected chi connectivity index (χ0v) is 12.7. The highest BCUT2D eigenvalue weighted by molar-refractivity contribution is 7.83. The van der Waals surface area contributed by atoms with Crippen LogP contribution in [0, 0.1) is 16.7 Å². The summed E-state index contributed by atoms with van der Waals surface area (Å²) in [4.78, 5) is 12.1. The average molecular weight is 269 g/mol. The average Bonchev–Trinajstić information content (AvgIpc) is 2.59. The lowest BCUT2D eigenvalue weighted by molar-refractivity contribution is -0.123. The van der Waals surface area contributed by atoms with Gasteiger partial charge in [0.25, 0.3) is 5.91 Å². The van der Waals surface area contributed by atoms with Gasteiger partial charge in [0.05, 0.1) is 11.8 Å². The monoisotopic (exact) mass is 269 g/mol. The second kappa shape index (κ2) is 4.19. The summed E-state index contributed by atoms with van der Waals surface area (Å²) in [5, 5.41) is 0. The number of rotatable bonds is 1. The molecule has 4 atom stereocenters. The lowest BCUT2D eigenvalue weighted by Crippen LogP contribution is -2.42. The Hall–Kier alpha value is -0.640. The van der Waals surface area contributed by atoms with Gasteiger partial charge in [-0.1, -0.05) is 33.8 Å². The van der Waals surface area contributed by atoms with Gasteiger partial charge in [-0.3, -0.25) is 9.10 Å². The molecule has 0 N–H and O–H groups in total. The largest absolute Gasteiger partial charge is 0.269 e. The van der Waals surface area contributed by atoms with Crippen molar-refractivity contribution in [1.29, 1.82) is 0 Å². The first-order chi connectivity index (χ1) is 8.25. The Bertz CT molecular complexity index is 430. The molecule has 2 aliphatic rings. The molecule has 0 aromatic heterocycles. The van der Waals surface area contributed by atoms with Gasteiger partial charge >= 0.3 is 0 Å². The van der Waals surface area contributed by atoms with Crippen molar-refractivity contribution >= 4 is 16.9 Å². The molecule has 4 heteroatoms. The van der Waals surface area contributed by atoms with E-state index < -0.39 is 11.0 Å². The van der Waals surface area contributed by atoms with Crippen LogP contribution in [0.5, 0.6) is 0 Å². The van der Waals surface area contributed by atoms with Crippen LogP contribution in [-0.4, -0.2) is 26.2 Å². The van der Waals surface area contributed by atoms with Crippen molar-refractivity contribution in [3.05, 3.63) is 12.2 Å². The zero-order chi connectivity index (χ0) is 13.7. The molecule has 18 heavy (non-hydrogen) atoms. The summed E-state index contributed by atoms with van der Waals surface area (Å²) < 4.78 is 13.9. The highest BCUT2D eigenvalue weighted by Crippen LogP contribution is 2.60. The van der Waals surface area contributed by atoms with E-state index in [4.69, 9.17) is 0 Å². The van der Waals surface area contributed by atoms with Crippen LogP contribution in [0.25, 0.3) is 0 Å². The molecule has 1 aliphatic heterocycles. The number of amides is 1. The fraction of sp³-hybridized carbons (Fsp3) is 0.786. The number of hydrogen-bond acceptors (Lipinski definition) is 2. The maximum absolute atomic E-state index is 12.3. The van der Waals surface area contributed by atoms with Crippen LogP contribution in [-0.2, 0) is 15.8 Å². The van der Waals surface area contributed by atoms with E-state index in [1.54, 1.807) is 10.4 Å². The fourth-order valence-corrected chi connectivity index (χ4v) is 5.54. The molecule has 1 heterocycles. The van der Waals surface area contributed by atoms with Crippen LogP contribution in [0.3, 0.4) is 0 Å². The summed E-state index contributed by atoms with van der Waals surface area (Å²) in [6.07, 6.45) is 4.21. The summed E-state index contributed by atoms with van der Waals surface area (Å²) in [7, 11) is -1.17. The lowest BCUT2D eigenvalue weighted by Gasteiger charge is -2.39. The summed E-state index contributed by atoms with van der Waals surface area (Å²) >= 11 is 0. The molecule has 3 nitrogen and oxygen atoms in total. The van der Waals surface area contributed by atoms with E-state index in [1.165, 1.54) is 6.08 Å². The van der Waals surface area contributed by atoms with Gasteiger partial charge < -0.3 is 0 Å². The third kappa shape index (κ3) is 1.61. The SMILES string of the molecule is C/C=C/C(=O)N1C2CC(C)C(C)(C)C2(C)CS1=O. The molecular weight excluding hydrogens is 246 g/mol. The van der Waals surface area contributed by atoms with E-state index in [-0.39, 0.29) is 22.8 Å². The number of fused-ring (bicyclic) bond motifs is 1. The second-order valence-corrected chi connectivity index (χ2v) is 7.75. The Kier molecular flexibility index (Phi) is 3.21. The van der Waals surface area contributed by atoms with E-state index in [2.05, 4.69) is 27.7 Å². The van der Waals surface area contributed by atoms with E-state index in [0.717, 1.165) is 6.42 Å². The van der Waals surface area contributed by atoms with Crippen molar-refractivity contribution in [2.45, 2.75) is 47.1 Å². The van der Waals surface area contributed by atoms with Crippen molar-refractivity contribution in [1.82, 2.24) is 4.31 Å². The molecule has 0 aromatic rings. The molecule has 0 spiro atoms. The Morgan fingerprint density at radius 1 is 1.39 bits per heavy atom. The highest BCUT2D eigenvalue weighted by Gasteiger charge is 2.63. The first-order valence-electron chi connectivity index (χ1n) is 6.60. The molecular formula is C14H23NO2S. The van der Waals surface area contributed by atoms with Gasteiger partial charge in [0, 0.05) is 5.41 Å². The molecule has 2 fully saturated rings. The van der Waals surface area contributed by atoms with Gasteiger partial charge in [-0.25, -0.2) is 4.21 Å². The maximum atomic E-state index is 12.3. The number of hydrogen-bond donors (Lipinski definition) is 0. The molecule has 0 aromatic carbocycles. The number of carbonyl (C=O) groups is 1. The van der Waals surface area contributed by atoms with E-state index in [1.807, 2.05) is 6.92 Å². The van der Waals surface area contributed by atoms with E-state index >= 15 is 0 Å². The van der Waals surface area contributed by atoms with E-state index in [9.17, 15) is 9.00 Å². The maximum Gasteiger partial charge on any atom is 0.258 e. The summed E-state index contributed by atoms with van der Waals surface area (Å²) in [5.74, 6) is 1.05. The van der Waals surface area contributed by atoms with Gasteiger partial charge in [-0.05, 0) is 30.8 Å². The molecule has 1 amide bonds. The third-order valence-corrected chi connectivity index (χ3v) is 7.19. The first kappa shape index (κ1) is 13.8. The van der Waals surface area contributed by atoms with Crippen LogP contribution in [0.15, 0.2) is 12.2 Å². The smallest absolute Gasteiger partial charge is 0.258 e. The Balaban J connectivity index is 2.39. The van der Waals surface area contributed by atoms with Gasteiger partial charge in [0.1, 0.15) is 11.0 Å². The summed E-state index contributed by atoms with van der Waals surface area (Å²) in [6, 6.07) is 0.118. The number of carbonyl (C=O) groups excluding carboxylic acids is 1.